The molecule has 0 aliphatic heterocycles. The summed E-state index contributed by atoms with van der Waals surface area (Å²) in [5.41, 5.74) is 0. The molecule has 5 heteroatoms. The Labute approximate surface area is 103 Å². The van der Waals surface area contributed by atoms with Gasteiger partial charge in [0.25, 0.3) is 0 Å². The van der Waals surface area contributed by atoms with E-state index in [1.165, 1.54) is 19.3 Å². The van der Waals surface area contributed by atoms with Crippen molar-refractivity contribution >= 4 is 0 Å². The molecule has 1 saturated carbocycles. The molecule has 1 heterocycles. The zero-order valence-corrected chi connectivity index (χ0v) is 11.2. The third-order valence-electron chi connectivity index (χ3n) is 4.04. The highest BCUT2D eigenvalue weighted by Crippen LogP contribution is 2.36. The van der Waals surface area contributed by atoms with Gasteiger partial charge in [0, 0.05) is 0 Å². The summed E-state index contributed by atoms with van der Waals surface area (Å²) < 4.78 is 2.04. The van der Waals surface area contributed by atoms with Gasteiger partial charge in [-0.25, -0.2) is 4.68 Å². The molecule has 0 radical (unpaired) electrons. The fraction of sp³-hybridized carbons (Fsp3) is 0.917. The number of rotatable bonds is 3. The minimum Gasteiger partial charge on any atom is -0.311 e. The largest absolute Gasteiger partial charge is 0.311 e. The normalized spacial score (nSPS) is 31.4. The number of tetrazole rings is 1. The number of nitrogens with one attached hydrogen (secondary N) is 1. The number of hydrogen-bond acceptors (Lipinski definition) is 4. The molecule has 2 rings (SSSR count). The Morgan fingerprint density at radius 3 is 2.76 bits per heavy atom. The van der Waals surface area contributed by atoms with Crippen molar-refractivity contribution in [3.63, 3.8) is 0 Å². The van der Waals surface area contributed by atoms with E-state index in [9.17, 15) is 0 Å². The molecule has 0 aromatic carbocycles. The topological polar surface area (TPSA) is 55.6 Å². The molecule has 1 N–H and O–H groups in total. The molecule has 0 spiro atoms. The molecular weight excluding hydrogens is 214 g/mol. The van der Waals surface area contributed by atoms with Crippen molar-refractivity contribution in [2.45, 2.75) is 52.1 Å². The molecule has 1 aliphatic carbocycles. The lowest BCUT2D eigenvalue weighted by Gasteiger charge is -2.33. The summed E-state index contributed by atoms with van der Waals surface area (Å²) in [5.74, 6) is 2.45. The monoisotopic (exact) mass is 237 g/mol. The van der Waals surface area contributed by atoms with Gasteiger partial charge in [-0.15, -0.1) is 5.10 Å². The Kier molecular flexibility index (Phi) is 3.76. The molecule has 1 aromatic rings. The summed E-state index contributed by atoms with van der Waals surface area (Å²) in [6, 6.07) is 0.670. The van der Waals surface area contributed by atoms with Gasteiger partial charge in [0.1, 0.15) is 0 Å². The van der Waals surface area contributed by atoms with Crippen LogP contribution in [0, 0.1) is 11.8 Å². The highest BCUT2D eigenvalue weighted by atomic mass is 15.6. The number of aromatic nitrogens is 4. The van der Waals surface area contributed by atoms with Crippen molar-refractivity contribution in [2.24, 2.45) is 11.8 Å². The molecule has 0 amide bonds. The first-order valence-electron chi connectivity index (χ1n) is 6.58. The predicted molar refractivity (Wildman–Crippen MR) is 66.5 cm³/mol. The average molecular weight is 237 g/mol. The van der Waals surface area contributed by atoms with Crippen molar-refractivity contribution in [3.05, 3.63) is 5.82 Å². The van der Waals surface area contributed by atoms with E-state index >= 15 is 0 Å². The number of nitrogens with zero attached hydrogens (tertiary/aromatic N) is 4. The molecule has 4 unspecified atom stereocenters. The molecule has 96 valence electrons. The van der Waals surface area contributed by atoms with E-state index in [2.05, 4.69) is 41.6 Å². The summed E-state index contributed by atoms with van der Waals surface area (Å²) in [6.07, 6.45) is 3.75. The van der Waals surface area contributed by atoms with E-state index in [4.69, 9.17) is 0 Å². The molecule has 1 aromatic heterocycles. The molecule has 0 bridgehead atoms. The van der Waals surface area contributed by atoms with Crippen LogP contribution in [0.25, 0.3) is 0 Å². The van der Waals surface area contributed by atoms with Crippen LogP contribution in [0.1, 0.15) is 57.9 Å². The minimum atomic E-state index is 0.205. The van der Waals surface area contributed by atoms with Gasteiger partial charge < -0.3 is 5.32 Å². The summed E-state index contributed by atoms with van der Waals surface area (Å²) in [4.78, 5) is 0. The average Bonchev–Trinajstić information content (AvgIpc) is 2.77. The molecule has 17 heavy (non-hydrogen) atoms. The van der Waals surface area contributed by atoms with Crippen molar-refractivity contribution in [2.75, 3.05) is 7.05 Å². The van der Waals surface area contributed by atoms with Gasteiger partial charge in [0.2, 0.25) is 0 Å². The lowest BCUT2D eigenvalue weighted by molar-refractivity contribution is 0.187. The van der Waals surface area contributed by atoms with Gasteiger partial charge in [-0.05, 0) is 55.5 Å². The van der Waals surface area contributed by atoms with Gasteiger partial charge in [0.05, 0.1) is 12.1 Å². The second-order valence-corrected chi connectivity index (χ2v) is 5.45. The van der Waals surface area contributed by atoms with Crippen LogP contribution in [0.3, 0.4) is 0 Å². The quantitative estimate of drug-likeness (QED) is 0.873. The zero-order valence-electron chi connectivity index (χ0n) is 11.2. The summed E-state index contributed by atoms with van der Waals surface area (Å²) in [7, 11) is 1.94. The van der Waals surface area contributed by atoms with Crippen LogP contribution in [0.2, 0.25) is 0 Å². The lowest BCUT2D eigenvalue weighted by atomic mass is 9.80. The SMILES string of the molecule is CNC(C)c1nnnn1C1CCC(C)CC1C. The minimum absolute atomic E-state index is 0.205. The Balaban J connectivity index is 2.19. The molecule has 5 nitrogen and oxygen atoms in total. The fourth-order valence-electron chi connectivity index (χ4n) is 2.86. The van der Waals surface area contributed by atoms with Crippen LogP contribution >= 0.6 is 0 Å². The highest BCUT2D eigenvalue weighted by Gasteiger charge is 2.30. The Morgan fingerprint density at radius 1 is 1.35 bits per heavy atom. The molecule has 0 saturated heterocycles. The highest BCUT2D eigenvalue weighted by molar-refractivity contribution is 4.93. The first kappa shape index (κ1) is 12.5. The maximum absolute atomic E-state index is 4.20. The summed E-state index contributed by atoms with van der Waals surface area (Å²) in [5, 5.41) is 15.4. The standard InChI is InChI=1S/C12H23N5/c1-8-5-6-11(9(2)7-8)17-12(10(3)13-4)14-15-16-17/h8-11,13H,5-7H2,1-4H3. The van der Waals surface area contributed by atoms with Crippen molar-refractivity contribution in [3.8, 4) is 0 Å². The van der Waals surface area contributed by atoms with Gasteiger partial charge in [-0.2, -0.15) is 0 Å². The van der Waals surface area contributed by atoms with E-state index in [1.807, 2.05) is 11.7 Å². The van der Waals surface area contributed by atoms with Crippen LogP contribution < -0.4 is 5.32 Å². The summed E-state index contributed by atoms with van der Waals surface area (Å²) >= 11 is 0. The second kappa shape index (κ2) is 5.12. The van der Waals surface area contributed by atoms with Gasteiger partial charge >= 0.3 is 0 Å². The fourth-order valence-corrected chi connectivity index (χ4v) is 2.86. The van der Waals surface area contributed by atoms with Gasteiger partial charge in [0.15, 0.2) is 5.82 Å². The van der Waals surface area contributed by atoms with Crippen LogP contribution in [0.5, 0.6) is 0 Å². The van der Waals surface area contributed by atoms with Gasteiger partial charge in [-0.3, -0.25) is 0 Å². The van der Waals surface area contributed by atoms with Gasteiger partial charge in [-0.1, -0.05) is 13.8 Å². The van der Waals surface area contributed by atoms with E-state index in [1.54, 1.807) is 0 Å². The zero-order chi connectivity index (χ0) is 12.4. The first-order valence-corrected chi connectivity index (χ1v) is 6.58. The van der Waals surface area contributed by atoms with Crippen LogP contribution in [0.15, 0.2) is 0 Å². The van der Waals surface area contributed by atoms with E-state index in [-0.39, 0.29) is 6.04 Å². The third kappa shape index (κ3) is 2.49. The van der Waals surface area contributed by atoms with Crippen molar-refractivity contribution < 1.29 is 0 Å². The predicted octanol–water partition coefficient (Wildman–Crippen LogP) is 1.95. The third-order valence-corrected chi connectivity index (χ3v) is 4.04. The van der Waals surface area contributed by atoms with Crippen molar-refractivity contribution in [1.29, 1.82) is 0 Å². The molecule has 1 aliphatic rings. The van der Waals surface area contributed by atoms with E-state index in [0.29, 0.717) is 12.0 Å². The first-order chi connectivity index (χ1) is 8.13. The lowest BCUT2D eigenvalue weighted by Crippen LogP contribution is -2.29. The van der Waals surface area contributed by atoms with E-state index in [0.717, 1.165) is 11.7 Å². The van der Waals surface area contributed by atoms with Crippen molar-refractivity contribution in [1.82, 2.24) is 25.5 Å². The number of hydrogen-bond donors (Lipinski definition) is 1. The smallest absolute Gasteiger partial charge is 0.168 e. The molecular formula is C12H23N5. The molecule has 1 fully saturated rings. The van der Waals surface area contributed by atoms with E-state index < -0.39 is 0 Å². The van der Waals surface area contributed by atoms with Crippen LogP contribution in [-0.4, -0.2) is 27.3 Å². The van der Waals surface area contributed by atoms with Crippen LogP contribution in [-0.2, 0) is 0 Å². The Hall–Kier alpha value is -0.970. The Morgan fingerprint density at radius 2 is 2.12 bits per heavy atom. The Bertz CT molecular complexity index is 362. The van der Waals surface area contributed by atoms with Crippen LogP contribution in [0.4, 0.5) is 0 Å². The maximum atomic E-state index is 4.20. The maximum Gasteiger partial charge on any atom is 0.168 e. The second-order valence-electron chi connectivity index (χ2n) is 5.45. The summed E-state index contributed by atoms with van der Waals surface area (Å²) in [6.45, 7) is 6.75. The molecule has 4 atom stereocenters.